The van der Waals surface area contributed by atoms with Crippen molar-refractivity contribution in [2.45, 2.75) is 13.8 Å². The van der Waals surface area contributed by atoms with Gasteiger partial charge < -0.3 is 5.11 Å². The number of hydrogen-bond acceptors (Lipinski definition) is 3. The van der Waals surface area contributed by atoms with Crippen LogP contribution in [0.4, 0.5) is 8.78 Å². The molecule has 0 saturated heterocycles. The van der Waals surface area contributed by atoms with Crippen LogP contribution in [-0.4, -0.2) is 10.9 Å². The lowest BCUT2D eigenvalue weighted by Gasteiger charge is -2.15. The Kier molecular flexibility index (Phi) is 4.74. The van der Waals surface area contributed by atoms with Gasteiger partial charge >= 0.3 is 0 Å². The van der Waals surface area contributed by atoms with E-state index in [9.17, 15) is 18.7 Å². The number of Topliss-reactive ketones (excluding diaryl/α,β-unsaturated/α-hetero) is 1. The van der Waals surface area contributed by atoms with Crippen molar-refractivity contribution in [3.05, 3.63) is 28.5 Å². The van der Waals surface area contributed by atoms with Gasteiger partial charge in [0.05, 0.1) is 5.57 Å². The molecule has 0 saturated carbocycles. The van der Waals surface area contributed by atoms with Crippen molar-refractivity contribution in [3.63, 3.8) is 0 Å². The van der Waals surface area contributed by atoms with Crippen LogP contribution in [0.15, 0.2) is 5.76 Å². The van der Waals surface area contributed by atoms with E-state index in [1.807, 2.05) is 18.5 Å². The van der Waals surface area contributed by atoms with Crippen molar-refractivity contribution in [3.8, 4) is 6.07 Å². The van der Waals surface area contributed by atoms with Gasteiger partial charge in [0.25, 0.3) is 0 Å². The van der Waals surface area contributed by atoms with Crippen LogP contribution in [0.1, 0.15) is 25.0 Å². The molecule has 2 unspecified atom stereocenters. The average Bonchev–Trinajstić information content (AvgIpc) is 2.31. The van der Waals surface area contributed by atoms with Crippen LogP contribution in [0.5, 0.6) is 0 Å². The molecule has 1 aromatic carbocycles. The summed E-state index contributed by atoms with van der Waals surface area (Å²) in [5.41, 5.74) is -0.981. The molecule has 1 N–H and O–H groups in total. The van der Waals surface area contributed by atoms with Gasteiger partial charge in [-0.05, 0) is 13.8 Å². The lowest BCUT2D eigenvalue weighted by molar-refractivity contribution is -0.111. The fourth-order valence-electron chi connectivity index (χ4n) is 1.71. The van der Waals surface area contributed by atoms with Crippen LogP contribution in [0.3, 0.4) is 0 Å². The van der Waals surface area contributed by atoms with E-state index < -0.39 is 23.0 Å². The maximum Gasteiger partial charge on any atom is 0.163 e. The highest BCUT2D eigenvalue weighted by Gasteiger charge is 2.25. The maximum absolute atomic E-state index is 13.9. The smallest absolute Gasteiger partial charge is 0.163 e. The molecule has 1 aromatic rings. The van der Waals surface area contributed by atoms with Gasteiger partial charge in [0.1, 0.15) is 17.4 Å². The molecule has 0 aliphatic carbocycles. The van der Waals surface area contributed by atoms with Crippen molar-refractivity contribution in [2.75, 3.05) is 0 Å². The number of halogens is 2. The average molecular weight is 301 g/mol. The fourth-order valence-corrected chi connectivity index (χ4v) is 2.76. The highest BCUT2D eigenvalue weighted by Crippen LogP contribution is 2.24. The van der Waals surface area contributed by atoms with Gasteiger partial charge in [0.15, 0.2) is 17.4 Å². The third-order valence-electron chi connectivity index (χ3n) is 2.53. The van der Waals surface area contributed by atoms with Gasteiger partial charge in [-0.2, -0.15) is 5.26 Å². The number of nitrogens with zero attached hydrogens (tertiary/aromatic N) is 1. The summed E-state index contributed by atoms with van der Waals surface area (Å²) in [7, 11) is 4.04. The number of nitriles is 1. The molecule has 0 spiro atoms. The van der Waals surface area contributed by atoms with Crippen LogP contribution in [0.2, 0.25) is 0 Å². The van der Waals surface area contributed by atoms with E-state index in [2.05, 4.69) is 0 Å². The Hall–Kier alpha value is -1.36. The Bertz CT molecular complexity index is 615. The van der Waals surface area contributed by atoms with E-state index in [0.29, 0.717) is 0 Å². The first-order valence-corrected chi connectivity index (χ1v) is 6.26. The van der Waals surface area contributed by atoms with Gasteiger partial charge in [-0.3, -0.25) is 4.79 Å². The van der Waals surface area contributed by atoms with Gasteiger partial charge in [-0.1, -0.05) is 0 Å². The molecule has 0 fully saturated rings. The first-order valence-electron chi connectivity index (χ1n) is 5.11. The predicted molar refractivity (Wildman–Crippen MR) is 75.7 cm³/mol. The van der Waals surface area contributed by atoms with Crippen molar-refractivity contribution in [1.82, 2.24) is 0 Å². The van der Waals surface area contributed by atoms with Gasteiger partial charge in [-0.15, -0.1) is 18.5 Å². The van der Waals surface area contributed by atoms with Crippen LogP contribution < -0.4 is 10.6 Å². The number of carbonyl (C=O) groups is 1. The van der Waals surface area contributed by atoms with Crippen LogP contribution in [0, 0.1) is 23.0 Å². The lowest BCUT2D eigenvalue weighted by atomic mass is 9.99. The van der Waals surface area contributed by atoms with E-state index >= 15 is 0 Å². The molecule has 0 amide bonds. The third-order valence-corrected chi connectivity index (χ3v) is 3.61. The second kappa shape index (κ2) is 5.74. The molecule has 0 aliphatic rings. The number of aliphatic hydroxyl groups is 1. The zero-order valence-electron chi connectivity index (χ0n) is 10.2. The first-order chi connectivity index (χ1) is 8.73. The summed E-state index contributed by atoms with van der Waals surface area (Å²) in [6.45, 7) is 2.43. The van der Waals surface area contributed by atoms with Gasteiger partial charge in [-0.25, -0.2) is 8.78 Å². The monoisotopic (exact) mass is 301 g/mol. The molecule has 0 aromatic heterocycles. The summed E-state index contributed by atoms with van der Waals surface area (Å²) in [6, 6.07) is 1.43. The molecule has 0 radical (unpaired) electrons. The minimum Gasteiger partial charge on any atom is -0.512 e. The minimum atomic E-state index is -1.06. The summed E-state index contributed by atoms with van der Waals surface area (Å²) in [6.07, 6.45) is 0. The number of rotatable bonds is 2. The Morgan fingerprint density at radius 1 is 1.21 bits per heavy atom. The van der Waals surface area contributed by atoms with E-state index in [1.165, 1.54) is 19.9 Å². The highest BCUT2D eigenvalue weighted by atomic mass is 31.0. The van der Waals surface area contributed by atoms with E-state index in [0.717, 1.165) is 0 Å². The van der Waals surface area contributed by atoms with E-state index in [-0.39, 0.29) is 27.5 Å². The number of ketones is 1. The topological polar surface area (TPSA) is 61.1 Å². The zero-order chi connectivity index (χ0) is 14.9. The molecule has 0 heterocycles. The largest absolute Gasteiger partial charge is 0.512 e. The van der Waals surface area contributed by atoms with Gasteiger partial charge in [0, 0.05) is 16.2 Å². The molecule has 100 valence electrons. The molecule has 7 heteroatoms. The molecule has 2 atom stereocenters. The summed E-state index contributed by atoms with van der Waals surface area (Å²) < 4.78 is 27.8. The van der Waals surface area contributed by atoms with Crippen molar-refractivity contribution >= 4 is 40.4 Å². The molecule has 0 bridgehead atoms. The molecular weight excluding hydrogens is 290 g/mol. The quantitative estimate of drug-likeness (QED) is 0.514. The third kappa shape index (κ3) is 2.66. The van der Waals surface area contributed by atoms with E-state index in [4.69, 9.17) is 5.26 Å². The maximum atomic E-state index is 13.9. The second-order valence-electron chi connectivity index (χ2n) is 3.83. The first kappa shape index (κ1) is 15.7. The Labute approximate surface area is 113 Å². The van der Waals surface area contributed by atoms with Crippen LogP contribution >= 0.6 is 18.5 Å². The molecular formula is C12H11F2NO2P2. The highest BCUT2D eigenvalue weighted by molar-refractivity contribution is 7.30. The predicted octanol–water partition coefficient (Wildman–Crippen LogP) is 1.72. The standard InChI is InChI=1S/C12H11F2NO2P2/c1-4(16)7(5(2)17)8-11(18)9(13)6(3-15)10(14)12(8)19/h16H,18-19H2,1-2H3/b7-4+. The molecule has 0 aliphatic heterocycles. The van der Waals surface area contributed by atoms with E-state index in [1.54, 1.807) is 0 Å². The van der Waals surface area contributed by atoms with Gasteiger partial charge in [0.2, 0.25) is 0 Å². The van der Waals surface area contributed by atoms with Crippen molar-refractivity contribution in [2.24, 2.45) is 0 Å². The Morgan fingerprint density at radius 2 is 1.63 bits per heavy atom. The SMILES string of the molecule is CC(=O)/C(=C(/C)O)c1c(P)c(F)c(C#N)c(F)c1P. The summed E-state index contributed by atoms with van der Waals surface area (Å²) in [5.74, 6) is -3.00. The fraction of sp³-hybridized carbons (Fsp3) is 0.167. The molecule has 1 rings (SSSR count). The summed E-state index contributed by atoms with van der Waals surface area (Å²) in [4.78, 5) is 11.5. The lowest BCUT2D eigenvalue weighted by Crippen LogP contribution is -2.24. The normalized spacial score (nSPS) is 11.8. The Morgan fingerprint density at radius 3 is 1.89 bits per heavy atom. The van der Waals surface area contributed by atoms with Crippen molar-refractivity contribution in [1.29, 1.82) is 5.26 Å². The number of carbonyl (C=O) groups excluding carboxylic acids is 1. The number of benzene rings is 1. The number of hydrogen-bond donors (Lipinski definition) is 1. The molecule has 3 nitrogen and oxygen atoms in total. The number of aliphatic hydroxyl groups excluding tert-OH is 1. The number of allylic oxidation sites excluding steroid dienone is 2. The molecule has 19 heavy (non-hydrogen) atoms. The van der Waals surface area contributed by atoms with Crippen molar-refractivity contribution < 1.29 is 18.7 Å². The second-order valence-corrected chi connectivity index (χ2v) is 4.99. The van der Waals surface area contributed by atoms with Crippen LogP contribution in [-0.2, 0) is 4.79 Å². The zero-order valence-corrected chi connectivity index (χ0v) is 12.5. The Balaban J connectivity index is 3.89. The summed E-state index contributed by atoms with van der Waals surface area (Å²) >= 11 is 0. The minimum absolute atomic E-state index is 0.0727. The van der Waals surface area contributed by atoms with Crippen LogP contribution in [0.25, 0.3) is 5.57 Å². The summed E-state index contributed by atoms with van der Waals surface area (Å²) in [5, 5.41) is 18.0.